The second-order valence-corrected chi connectivity index (χ2v) is 9.85. The Morgan fingerprint density at radius 2 is 1.86 bits per heavy atom. The van der Waals surface area contributed by atoms with Crippen molar-refractivity contribution in [2.45, 2.75) is 25.9 Å². The summed E-state index contributed by atoms with van der Waals surface area (Å²) in [6.07, 6.45) is 8.53. The van der Waals surface area contributed by atoms with E-state index in [-0.39, 0.29) is 11.5 Å². The Morgan fingerprint density at radius 1 is 1.03 bits per heavy atom. The lowest BCUT2D eigenvalue weighted by atomic mass is 9.95. The second kappa shape index (κ2) is 10.2. The van der Waals surface area contributed by atoms with Crippen LogP contribution < -0.4 is 21.0 Å². The third-order valence-electron chi connectivity index (χ3n) is 7.47. The van der Waals surface area contributed by atoms with E-state index in [0.717, 1.165) is 65.2 Å². The molecule has 1 unspecified atom stereocenters. The van der Waals surface area contributed by atoms with Crippen molar-refractivity contribution in [3.8, 4) is 11.1 Å². The number of pyridine rings is 2. The molecule has 3 heterocycles. The van der Waals surface area contributed by atoms with E-state index in [1.165, 1.54) is 5.69 Å². The molecule has 2 aromatic heterocycles. The van der Waals surface area contributed by atoms with Crippen LogP contribution in [0.5, 0.6) is 0 Å². The third-order valence-corrected chi connectivity index (χ3v) is 7.47. The van der Waals surface area contributed by atoms with Crippen molar-refractivity contribution in [3.05, 3.63) is 106 Å². The maximum absolute atomic E-state index is 13.8. The van der Waals surface area contributed by atoms with E-state index in [1.54, 1.807) is 0 Å². The molecule has 0 radical (unpaired) electrons. The molecule has 0 saturated carbocycles. The molecule has 0 spiro atoms. The molecule has 1 saturated heterocycles. The molecular weight excluding hydrogens is 458 g/mol. The summed E-state index contributed by atoms with van der Waals surface area (Å²) in [5.41, 5.74) is 8.05. The molecule has 1 atom stereocenters. The molecule has 37 heavy (non-hydrogen) atoms. The van der Waals surface area contributed by atoms with Gasteiger partial charge in [-0.15, -0.1) is 0 Å². The quantitative estimate of drug-likeness (QED) is 0.440. The highest BCUT2D eigenvalue weighted by molar-refractivity contribution is 5.84. The predicted molar refractivity (Wildman–Crippen MR) is 151 cm³/mol. The zero-order valence-electron chi connectivity index (χ0n) is 21.1. The van der Waals surface area contributed by atoms with Crippen LogP contribution in [-0.2, 0) is 13.0 Å². The summed E-state index contributed by atoms with van der Waals surface area (Å²) in [7, 11) is 0. The summed E-state index contributed by atoms with van der Waals surface area (Å²) in [6.45, 7) is 6.80. The Balaban J connectivity index is 1.28. The number of hydrogen-bond donors (Lipinski definition) is 2. The summed E-state index contributed by atoms with van der Waals surface area (Å²) < 4.78 is 0. The first-order valence-electron chi connectivity index (χ1n) is 13.0. The number of nitrogens with zero attached hydrogens (tertiary/aromatic N) is 3. The fourth-order valence-corrected chi connectivity index (χ4v) is 5.24. The van der Waals surface area contributed by atoms with E-state index >= 15 is 0 Å². The number of aryl methyl sites for hydroxylation is 1. The van der Waals surface area contributed by atoms with Gasteiger partial charge in [0, 0.05) is 73.4 Å². The van der Waals surface area contributed by atoms with Crippen LogP contribution in [0.3, 0.4) is 0 Å². The molecule has 1 aliphatic heterocycles. The highest BCUT2D eigenvalue weighted by Crippen LogP contribution is 2.26. The number of hydrogen-bond acceptors (Lipinski definition) is 6. The number of piperazine rings is 1. The second-order valence-electron chi connectivity index (χ2n) is 9.85. The molecule has 1 aliphatic carbocycles. The molecule has 0 amide bonds. The first kappa shape index (κ1) is 23.5. The number of anilines is 1. The topological polar surface area (TPSA) is 70.2 Å². The van der Waals surface area contributed by atoms with Crippen molar-refractivity contribution in [1.29, 1.82) is 0 Å². The van der Waals surface area contributed by atoms with Crippen molar-refractivity contribution in [3.63, 3.8) is 0 Å². The first-order chi connectivity index (χ1) is 18.2. The van der Waals surface area contributed by atoms with Gasteiger partial charge >= 0.3 is 0 Å². The van der Waals surface area contributed by atoms with Crippen LogP contribution in [0.2, 0.25) is 0 Å². The van der Waals surface area contributed by atoms with E-state index in [2.05, 4.69) is 74.9 Å². The van der Waals surface area contributed by atoms with Gasteiger partial charge in [0.15, 0.2) is 5.43 Å². The maximum Gasteiger partial charge on any atom is 0.191 e. The third kappa shape index (κ3) is 4.90. The lowest BCUT2D eigenvalue weighted by molar-refractivity contribution is 0.578. The van der Waals surface area contributed by atoms with Gasteiger partial charge in [0.1, 0.15) is 0 Å². The van der Waals surface area contributed by atoms with Crippen molar-refractivity contribution in [2.24, 2.45) is 0 Å². The minimum atomic E-state index is 0.0620. The average Bonchev–Trinajstić information content (AvgIpc) is 3.09. The van der Waals surface area contributed by atoms with Crippen molar-refractivity contribution < 1.29 is 0 Å². The van der Waals surface area contributed by atoms with Gasteiger partial charge in [-0.1, -0.05) is 36.4 Å². The number of aromatic nitrogens is 2. The highest BCUT2D eigenvalue weighted by atomic mass is 16.1. The van der Waals surface area contributed by atoms with E-state index in [9.17, 15) is 4.79 Å². The molecule has 6 rings (SSSR count). The van der Waals surface area contributed by atoms with Crippen LogP contribution in [-0.4, -0.2) is 42.2 Å². The zero-order chi connectivity index (χ0) is 25.2. The fourth-order valence-electron chi connectivity index (χ4n) is 5.24. The van der Waals surface area contributed by atoms with Gasteiger partial charge in [0.05, 0.1) is 11.2 Å². The Morgan fingerprint density at radius 3 is 2.68 bits per heavy atom. The summed E-state index contributed by atoms with van der Waals surface area (Å²) >= 11 is 0. The Kier molecular flexibility index (Phi) is 6.51. The molecule has 2 N–H and O–H groups in total. The minimum absolute atomic E-state index is 0.0620. The van der Waals surface area contributed by atoms with Gasteiger partial charge in [0.25, 0.3) is 0 Å². The smallest absolute Gasteiger partial charge is 0.191 e. The fraction of sp³-hybridized carbons (Fsp3) is 0.258. The van der Waals surface area contributed by atoms with Gasteiger partial charge in [-0.05, 0) is 60.4 Å². The summed E-state index contributed by atoms with van der Waals surface area (Å²) in [5.74, 6) is 0. The molecule has 6 nitrogen and oxygen atoms in total. The Hall–Kier alpha value is -3.87. The van der Waals surface area contributed by atoms with Crippen molar-refractivity contribution in [1.82, 2.24) is 20.6 Å². The van der Waals surface area contributed by atoms with Crippen molar-refractivity contribution >= 4 is 22.7 Å². The van der Waals surface area contributed by atoms with Crippen LogP contribution in [0.15, 0.2) is 77.9 Å². The molecular formula is C31H31N5O. The van der Waals surface area contributed by atoms with Crippen LogP contribution in [0, 0.1) is 6.92 Å². The Labute approximate surface area is 217 Å². The van der Waals surface area contributed by atoms with E-state index < -0.39 is 0 Å². The molecule has 6 heteroatoms. The molecule has 2 aliphatic rings. The average molecular weight is 490 g/mol. The van der Waals surface area contributed by atoms with Crippen LogP contribution >= 0.6 is 0 Å². The summed E-state index contributed by atoms with van der Waals surface area (Å²) in [6, 6.07) is 18.7. The standard InChI is InChI=1S/C31H31N5O/c1-21-3-2-12-33-30(21)20-34-25-8-4-23-7-11-29-28(31(37)27(23)18-25)17-24(19-35-29)22-5-9-26(10-6-22)36-15-13-32-14-16-36/h2-12,17,19,25,32,34H,13-16,18,20H2,1H3. The Bertz CT molecular complexity index is 1520. The van der Waals surface area contributed by atoms with Gasteiger partial charge in [-0.2, -0.15) is 0 Å². The lowest BCUT2D eigenvalue weighted by Gasteiger charge is -2.29. The van der Waals surface area contributed by atoms with Gasteiger partial charge in [-0.3, -0.25) is 14.8 Å². The number of nitrogens with one attached hydrogen (secondary N) is 2. The summed E-state index contributed by atoms with van der Waals surface area (Å²) in [4.78, 5) is 25.3. The SMILES string of the molecule is Cc1cccnc1CNC1C=Cc2ccc3ncc(-c4ccc(N5CCNCC5)cc4)cc3c(=O)c2C1. The van der Waals surface area contributed by atoms with E-state index in [1.807, 2.05) is 36.7 Å². The number of benzene rings is 1. The van der Waals surface area contributed by atoms with E-state index in [4.69, 9.17) is 0 Å². The first-order valence-corrected chi connectivity index (χ1v) is 13.0. The molecule has 186 valence electrons. The van der Waals surface area contributed by atoms with E-state index in [0.29, 0.717) is 18.4 Å². The van der Waals surface area contributed by atoms with Crippen molar-refractivity contribution in [2.75, 3.05) is 31.1 Å². The molecule has 0 bridgehead atoms. The molecule has 2 aromatic carbocycles. The monoisotopic (exact) mass is 489 g/mol. The van der Waals surface area contributed by atoms with Gasteiger partial charge in [-0.25, -0.2) is 0 Å². The number of rotatable bonds is 5. The number of fused-ring (bicyclic) bond motifs is 2. The minimum Gasteiger partial charge on any atom is -0.369 e. The molecule has 1 fully saturated rings. The van der Waals surface area contributed by atoms with Gasteiger partial charge in [0.2, 0.25) is 0 Å². The highest BCUT2D eigenvalue weighted by Gasteiger charge is 2.18. The lowest BCUT2D eigenvalue weighted by Crippen LogP contribution is -2.43. The normalized spacial score (nSPS) is 17.1. The summed E-state index contributed by atoms with van der Waals surface area (Å²) in [5, 5.41) is 7.63. The van der Waals surface area contributed by atoms with Crippen LogP contribution in [0.4, 0.5) is 5.69 Å². The predicted octanol–water partition coefficient (Wildman–Crippen LogP) is 4.10. The molecule has 4 aromatic rings. The zero-order valence-corrected chi connectivity index (χ0v) is 21.1. The van der Waals surface area contributed by atoms with Crippen LogP contribution in [0.1, 0.15) is 22.4 Å². The largest absolute Gasteiger partial charge is 0.369 e. The van der Waals surface area contributed by atoms with Gasteiger partial charge < -0.3 is 15.5 Å². The maximum atomic E-state index is 13.8. The van der Waals surface area contributed by atoms with Crippen LogP contribution in [0.25, 0.3) is 28.1 Å².